The number of hydrogen-bond donors (Lipinski definition) is 7. The highest BCUT2D eigenvalue weighted by atomic mass is 16.6. The number of fused-ring (bicyclic) bond motifs is 4. The van der Waals surface area contributed by atoms with Gasteiger partial charge in [0.25, 0.3) is 0 Å². The molecule has 28 heavy (non-hydrogen) atoms. The van der Waals surface area contributed by atoms with Crippen LogP contribution in [0.4, 0.5) is 0 Å². The molecule has 2 bridgehead atoms. The van der Waals surface area contributed by atoms with Crippen LogP contribution in [0.5, 0.6) is 0 Å². The molecule has 8 heteroatoms. The molecular formula is C20H32O8. The van der Waals surface area contributed by atoms with Crippen LogP contribution in [0.25, 0.3) is 0 Å². The number of hydrogen-bond acceptors (Lipinski definition) is 8. The van der Waals surface area contributed by atoms with Crippen LogP contribution >= 0.6 is 0 Å². The van der Waals surface area contributed by atoms with Gasteiger partial charge in [0.1, 0.15) is 17.3 Å². The van der Waals surface area contributed by atoms with Gasteiger partial charge in [0, 0.05) is 11.3 Å². The summed E-state index contributed by atoms with van der Waals surface area (Å²) in [5.74, 6) is -1.68. The Morgan fingerprint density at radius 3 is 2.07 bits per heavy atom. The fourth-order valence-electron chi connectivity index (χ4n) is 8.16. The Morgan fingerprint density at radius 2 is 1.46 bits per heavy atom. The molecule has 5 rings (SSSR count). The average Bonchev–Trinajstić information content (AvgIpc) is 3.30. The Labute approximate surface area is 163 Å². The van der Waals surface area contributed by atoms with Crippen LogP contribution in [0, 0.1) is 22.7 Å². The Kier molecular flexibility index (Phi) is 3.35. The van der Waals surface area contributed by atoms with Crippen molar-refractivity contribution < 1.29 is 40.5 Å². The van der Waals surface area contributed by atoms with Crippen molar-refractivity contribution in [3.05, 3.63) is 0 Å². The van der Waals surface area contributed by atoms with E-state index in [1.54, 1.807) is 20.8 Å². The molecule has 1 spiro atoms. The topological polar surface area (TPSA) is 154 Å². The molecule has 5 fully saturated rings. The summed E-state index contributed by atoms with van der Waals surface area (Å²) in [6, 6.07) is 0. The van der Waals surface area contributed by atoms with Crippen molar-refractivity contribution in [1.82, 2.24) is 0 Å². The van der Waals surface area contributed by atoms with Gasteiger partial charge in [0.15, 0.2) is 0 Å². The molecule has 160 valence electrons. The molecule has 4 saturated carbocycles. The van der Waals surface area contributed by atoms with Gasteiger partial charge in [-0.3, -0.25) is 0 Å². The second-order valence-electron chi connectivity index (χ2n) is 11.1. The van der Waals surface area contributed by atoms with Crippen molar-refractivity contribution in [1.29, 1.82) is 0 Å². The maximum Gasteiger partial charge on any atom is 0.110 e. The maximum atomic E-state index is 12.0. The van der Waals surface area contributed by atoms with Crippen LogP contribution in [0.1, 0.15) is 47.0 Å². The summed E-state index contributed by atoms with van der Waals surface area (Å²) in [4.78, 5) is 0. The number of aliphatic hydroxyl groups is 7. The highest BCUT2D eigenvalue weighted by molar-refractivity contribution is 5.37. The second kappa shape index (κ2) is 4.78. The summed E-state index contributed by atoms with van der Waals surface area (Å²) in [6.45, 7) is 6.36. The van der Waals surface area contributed by atoms with Gasteiger partial charge in [0.05, 0.1) is 47.0 Å². The monoisotopic (exact) mass is 400 g/mol. The van der Waals surface area contributed by atoms with Gasteiger partial charge in [-0.1, -0.05) is 13.8 Å². The average molecular weight is 400 g/mol. The molecule has 12 atom stereocenters. The van der Waals surface area contributed by atoms with E-state index in [1.165, 1.54) is 6.92 Å². The fourth-order valence-corrected chi connectivity index (χ4v) is 8.16. The SMILES string of the molecule is CC1(C)[C@H]2O[C@H]2C2[C@](C)(O)[C@]3(O)CC[C@H]4[C@H](O)C3(C[C@@]4(C)O)[C@H](O)[C@@H](O)[C@@]21O. The molecule has 1 saturated heterocycles. The molecular weight excluding hydrogens is 368 g/mol. The minimum atomic E-state index is -2.04. The van der Waals surface area contributed by atoms with E-state index >= 15 is 0 Å². The van der Waals surface area contributed by atoms with Gasteiger partial charge in [-0.25, -0.2) is 0 Å². The molecule has 4 aliphatic carbocycles. The summed E-state index contributed by atoms with van der Waals surface area (Å²) in [5.41, 5.74) is -10.2. The van der Waals surface area contributed by atoms with E-state index in [-0.39, 0.29) is 19.3 Å². The van der Waals surface area contributed by atoms with Gasteiger partial charge in [0.2, 0.25) is 0 Å². The molecule has 0 aromatic rings. The third-order valence-electron chi connectivity index (χ3n) is 9.74. The van der Waals surface area contributed by atoms with E-state index in [9.17, 15) is 35.7 Å². The van der Waals surface area contributed by atoms with Crippen LogP contribution < -0.4 is 0 Å². The smallest absolute Gasteiger partial charge is 0.110 e. The third-order valence-corrected chi connectivity index (χ3v) is 9.74. The van der Waals surface area contributed by atoms with E-state index < -0.39 is 75.6 Å². The van der Waals surface area contributed by atoms with E-state index in [0.29, 0.717) is 0 Å². The summed E-state index contributed by atoms with van der Waals surface area (Å²) in [6.07, 6.45) is -5.77. The molecule has 1 aliphatic heterocycles. The van der Waals surface area contributed by atoms with Gasteiger partial charge in [-0.2, -0.15) is 0 Å². The molecule has 7 N–H and O–H groups in total. The molecule has 0 aromatic heterocycles. The van der Waals surface area contributed by atoms with E-state index in [0.717, 1.165) is 0 Å². The summed E-state index contributed by atoms with van der Waals surface area (Å²) in [7, 11) is 0. The standard InChI is InChI=1S/C20H32O8/c1-15(2)14-9(28-14)10-17(4,25)19(26)6-5-8-11(21)18(19,7-16(8,3)24)12(22)13(23)20(10,15)27/h8-14,21-27H,5-7H2,1-4H3/t8-,9-,10?,11-,12+,13+,14-,16+,17-,18?,19+,20-/m0/s1. The molecule has 0 radical (unpaired) electrons. The van der Waals surface area contributed by atoms with Gasteiger partial charge in [-0.15, -0.1) is 0 Å². The summed E-state index contributed by atoms with van der Waals surface area (Å²) in [5, 5.41) is 80.4. The number of aliphatic hydroxyl groups excluding tert-OH is 3. The lowest BCUT2D eigenvalue weighted by molar-refractivity contribution is -0.287. The maximum absolute atomic E-state index is 12.0. The quantitative estimate of drug-likeness (QED) is 0.237. The minimum Gasteiger partial charge on any atom is -0.392 e. The zero-order chi connectivity index (χ0) is 20.9. The molecule has 8 nitrogen and oxygen atoms in total. The zero-order valence-corrected chi connectivity index (χ0v) is 16.7. The first kappa shape index (κ1) is 19.6. The molecule has 2 unspecified atom stereocenters. The van der Waals surface area contributed by atoms with Crippen LogP contribution in [-0.2, 0) is 4.74 Å². The Bertz CT molecular complexity index is 736. The van der Waals surface area contributed by atoms with E-state index in [1.807, 2.05) is 0 Å². The predicted molar refractivity (Wildman–Crippen MR) is 94.9 cm³/mol. The Morgan fingerprint density at radius 1 is 0.857 bits per heavy atom. The Hall–Kier alpha value is -0.320. The first-order chi connectivity index (χ1) is 12.6. The van der Waals surface area contributed by atoms with E-state index in [2.05, 4.69) is 0 Å². The lowest BCUT2D eigenvalue weighted by atomic mass is 9.53. The number of ether oxygens (including phenoxy) is 1. The van der Waals surface area contributed by atoms with Crippen molar-refractivity contribution in [2.45, 2.75) is 99.9 Å². The zero-order valence-electron chi connectivity index (χ0n) is 16.7. The van der Waals surface area contributed by atoms with Crippen molar-refractivity contribution >= 4 is 0 Å². The lowest BCUT2D eigenvalue weighted by Gasteiger charge is -2.58. The van der Waals surface area contributed by atoms with Crippen LogP contribution in [-0.4, -0.2) is 88.7 Å². The number of rotatable bonds is 0. The van der Waals surface area contributed by atoms with E-state index in [4.69, 9.17) is 4.74 Å². The van der Waals surface area contributed by atoms with Gasteiger partial charge in [-0.05, 0) is 33.1 Å². The van der Waals surface area contributed by atoms with Crippen molar-refractivity contribution in [3.8, 4) is 0 Å². The molecule has 1 heterocycles. The molecule has 0 amide bonds. The van der Waals surface area contributed by atoms with Gasteiger partial charge < -0.3 is 40.5 Å². The Balaban J connectivity index is 1.79. The summed E-state index contributed by atoms with van der Waals surface area (Å²) >= 11 is 0. The van der Waals surface area contributed by atoms with Crippen molar-refractivity contribution in [3.63, 3.8) is 0 Å². The first-order valence-electron chi connectivity index (χ1n) is 10.2. The van der Waals surface area contributed by atoms with Crippen LogP contribution in [0.3, 0.4) is 0 Å². The third kappa shape index (κ3) is 1.61. The van der Waals surface area contributed by atoms with Crippen LogP contribution in [0.15, 0.2) is 0 Å². The van der Waals surface area contributed by atoms with Crippen LogP contribution in [0.2, 0.25) is 0 Å². The largest absolute Gasteiger partial charge is 0.392 e. The normalized spacial score (nSPS) is 69.3. The highest BCUT2D eigenvalue weighted by Crippen LogP contribution is 2.73. The first-order valence-corrected chi connectivity index (χ1v) is 10.2. The predicted octanol–water partition coefficient (Wildman–Crippen LogP) is -1.73. The molecule has 0 aromatic carbocycles. The lowest BCUT2D eigenvalue weighted by Crippen LogP contribution is -2.72. The highest BCUT2D eigenvalue weighted by Gasteiger charge is 2.88. The fraction of sp³-hybridized carbons (Fsp3) is 1.00. The second-order valence-corrected chi connectivity index (χ2v) is 11.1. The van der Waals surface area contributed by atoms with Crippen molar-refractivity contribution in [2.75, 3.05) is 0 Å². The number of epoxide rings is 1. The van der Waals surface area contributed by atoms with Crippen molar-refractivity contribution in [2.24, 2.45) is 22.7 Å². The molecule has 5 aliphatic rings. The summed E-state index contributed by atoms with van der Waals surface area (Å²) < 4.78 is 5.71. The minimum absolute atomic E-state index is 0.0199. The van der Waals surface area contributed by atoms with Gasteiger partial charge >= 0.3 is 0 Å².